The number of aliphatic hydroxyl groups is 1. The molecule has 2 heteroatoms. The maximum Gasteiger partial charge on any atom is 0.115 e. The van der Waals surface area contributed by atoms with Crippen molar-refractivity contribution < 1.29 is 5.11 Å². The SMILES string of the molecule is CC/C(C)=C(O)\C=C(/C)Cl. The minimum absolute atomic E-state index is 0.287. The molecule has 0 saturated carbocycles. The Morgan fingerprint density at radius 1 is 1.50 bits per heavy atom. The fourth-order valence-electron chi connectivity index (χ4n) is 0.493. The Morgan fingerprint density at radius 2 is 2.00 bits per heavy atom. The van der Waals surface area contributed by atoms with E-state index in [1.54, 1.807) is 13.0 Å². The molecular formula is C8H13ClO. The Bertz CT molecular complexity index is 164. The molecule has 0 aromatic heterocycles. The van der Waals surface area contributed by atoms with Gasteiger partial charge in [-0.3, -0.25) is 0 Å². The zero-order chi connectivity index (χ0) is 8.15. The molecule has 0 rings (SSSR count). The van der Waals surface area contributed by atoms with Gasteiger partial charge in [0.15, 0.2) is 0 Å². The van der Waals surface area contributed by atoms with E-state index in [0.29, 0.717) is 5.03 Å². The molecule has 0 amide bonds. The lowest BCUT2D eigenvalue weighted by atomic mass is 10.2. The van der Waals surface area contributed by atoms with E-state index >= 15 is 0 Å². The normalized spacial score (nSPS) is 15.0. The van der Waals surface area contributed by atoms with Crippen molar-refractivity contribution in [3.63, 3.8) is 0 Å². The molecule has 0 unspecified atom stereocenters. The highest BCUT2D eigenvalue weighted by Crippen LogP contribution is 2.09. The maximum absolute atomic E-state index is 9.21. The Balaban J connectivity index is 4.33. The molecule has 0 aliphatic rings. The zero-order valence-electron chi connectivity index (χ0n) is 6.61. The molecule has 0 spiro atoms. The average molecular weight is 161 g/mol. The number of halogens is 1. The molecule has 0 aromatic rings. The van der Waals surface area contributed by atoms with Gasteiger partial charge in [0, 0.05) is 5.03 Å². The molecule has 0 bridgehead atoms. The molecule has 0 fully saturated rings. The number of allylic oxidation sites excluding steroid dienone is 3. The van der Waals surface area contributed by atoms with Gasteiger partial charge in [-0.25, -0.2) is 0 Å². The summed E-state index contributed by atoms with van der Waals surface area (Å²) in [4.78, 5) is 0. The molecule has 0 aromatic carbocycles. The molecule has 1 nitrogen and oxygen atoms in total. The third kappa shape index (κ3) is 3.57. The van der Waals surface area contributed by atoms with Crippen LogP contribution in [0, 0.1) is 0 Å². The van der Waals surface area contributed by atoms with Gasteiger partial charge < -0.3 is 5.11 Å². The summed E-state index contributed by atoms with van der Waals surface area (Å²) in [6.45, 7) is 5.61. The summed E-state index contributed by atoms with van der Waals surface area (Å²) < 4.78 is 0. The molecule has 0 heterocycles. The van der Waals surface area contributed by atoms with Crippen LogP contribution in [0.2, 0.25) is 0 Å². The van der Waals surface area contributed by atoms with Gasteiger partial charge in [0.2, 0.25) is 0 Å². The highest BCUT2D eigenvalue weighted by atomic mass is 35.5. The third-order valence-electron chi connectivity index (χ3n) is 1.30. The van der Waals surface area contributed by atoms with Crippen LogP contribution >= 0.6 is 11.6 Å². The van der Waals surface area contributed by atoms with Crippen LogP contribution in [0.3, 0.4) is 0 Å². The minimum Gasteiger partial charge on any atom is -0.508 e. The third-order valence-corrected chi connectivity index (χ3v) is 1.41. The summed E-state index contributed by atoms with van der Waals surface area (Å²) in [6, 6.07) is 0. The van der Waals surface area contributed by atoms with Crippen molar-refractivity contribution in [2.45, 2.75) is 27.2 Å². The first kappa shape index (κ1) is 9.57. The van der Waals surface area contributed by atoms with E-state index in [-0.39, 0.29) is 5.76 Å². The van der Waals surface area contributed by atoms with Gasteiger partial charge in [0.1, 0.15) is 5.76 Å². The van der Waals surface area contributed by atoms with Crippen LogP contribution in [-0.2, 0) is 0 Å². The molecule has 0 radical (unpaired) electrons. The topological polar surface area (TPSA) is 20.2 Å². The summed E-state index contributed by atoms with van der Waals surface area (Å²) >= 11 is 5.54. The van der Waals surface area contributed by atoms with Crippen LogP contribution < -0.4 is 0 Å². The van der Waals surface area contributed by atoms with Gasteiger partial charge in [-0.05, 0) is 31.9 Å². The van der Waals surface area contributed by atoms with Crippen molar-refractivity contribution in [2.75, 3.05) is 0 Å². The second-order valence-corrected chi connectivity index (χ2v) is 2.85. The van der Waals surface area contributed by atoms with E-state index in [1.165, 1.54) is 0 Å². The van der Waals surface area contributed by atoms with E-state index in [0.717, 1.165) is 12.0 Å². The Morgan fingerprint density at radius 3 is 2.30 bits per heavy atom. The number of rotatable bonds is 2. The van der Waals surface area contributed by atoms with Crippen molar-refractivity contribution >= 4 is 11.6 Å². The van der Waals surface area contributed by atoms with Crippen LogP contribution in [0.1, 0.15) is 27.2 Å². The molecule has 0 aliphatic carbocycles. The van der Waals surface area contributed by atoms with Crippen LogP contribution in [0.15, 0.2) is 22.4 Å². The molecule has 58 valence electrons. The number of hydrogen-bond donors (Lipinski definition) is 1. The first-order chi connectivity index (χ1) is 4.57. The zero-order valence-corrected chi connectivity index (χ0v) is 7.37. The van der Waals surface area contributed by atoms with E-state index in [1.807, 2.05) is 13.8 Å². The monoisotopic (exact) mass is 160 g/mol. The van der Waals surface area contributed by atoms with Gasteiger partial charge in [-0.15, -0.1) is 0 Å². The highest BCUT2D eigenvalue weighted by molar-refractivity contribution is 6.29. The standard InChI is InChI=1S/C8H13ClO/c1-4-6(2)8(10)5-7(3)9/h5,10H,4H2,1-3H3/b7-5+,8-6+. The summed E-state index contributed by atoms with van der Waals surface area (Å²) in [6.07, 6.45) is 2.41. The predicted molar refractivity (Wildman–Crippen MR) is 45.2 cm³/mol. The first-order valence-corrected chi connectivity index (χ1v) is 3.68. The Hall–Kier alpha value is -0.430. The molecule has 10 heavy (non-hydrogen) atoms. The highest BCUT2D eigenvalue weighted by Gasteiger charge is 1.93. The van der Waals surface area contributed by atoms with Crippen molar-refractivity contribution in [2.24, 2.45) is 0 Å². The van der Waals surface area contributed by atoms with Gasteiger partial charge in [0.25, 0.3) is 0 Å². The van der Waals surface area contributed by atoms with E-state index in [4.69, 9.17) is 11.6 Å². The second kappa shape index (κ2) is 4.40. The van der Waals surface area contributed by atoms with Crippen molar-refractivity contribution in [3.8, 4) is 0 Å². The minimum atomic E-state index is 0.287. The van der Waals surface area contributed by atoms with Crippen molar-refractivity contribution in [1.29, 1.82) is 0 Å². The molecular weight excluding hydrogens is 148 g/mol. The summed E-state index contributed by atoms with van der Waals surface area (Å²) in [5, 5.41) is 9.81. The fourth-order valence-corrected chi connectivity index (χ4v) is 0.596. The average Bonchev–Trinajstić information content (AvgIpc) is 1.85. The summed E-state index contributed by atoms with van der Waals surface area (Å²) in [5.41, 5.74) is 0.958. The lowest BCUT2D eigenvalue weighted by Crippen LogP contribution is -1.81. The van der Waals surface area contributed by atoms with E-state index < -0.39 is 0 Å². The van der Waals surface area contributed by atoms with E-state index in [9.17, 15) is 5.11 Å². The lowest BCUT2D eigenvalue weighted by molar-refractivity contribution is 0.423. The second-order valence-electron chi connectivity index (χ2n) is 2.25. The quantitative estimate of drug-likeness (QED) is 0.485. The Kier molecular flexibility index (Phi) is 4.21. The summed E-state index contributed by atoms with van der Waals surface area (Å²) in [7, 11) is 0. The molecule has 1 N–H and O–H groups in total. The van der Waals surface area contributed by atoms with Gasteiger partial charge >= 0.3 is 0 Å². The summed E-state index contributed by atoms with van der Waals surface area (Å²) in [5.74, 6) is 0.287. The molecule has 0 aliphatic heterocycles. The van der Waals surface area contributed by atoms with Crippen LogP contribution in [0.5, 0.6) is 0 Å². The van der Waals surface area contributed by atoms with Crippen molar-refractivity contribution in [1.82, 2.24) is 0 Å². The Labute approximate surface area is 67.0 Å². The largest absolute Gasteiger partial charge is 0.508 e. The van der Waals surface area contributed by atoms with Crippen molar-refractivity contribution in [3.05, 3.63) is 22.4 Å². The molecule has 0 saturated heterocycles. The van der Waals surface area contributed by atoms with Crippen LogP contribution in [-0.4, -0.2) is 5.11 Å². The fraction of sp³-hybridized carbons (Fsp3) is 0.500. The molecule has 0 atom stereocenters. The smallest absolute Gasteiger partial charge is 0.115 e. The number of hydrogen-bond acceptors (Lipinski definition) is 1. The first-order valence-electron chi connectivity index (χ1n) is 3.30. The van der Waals surface area contributed by atoms with Gasteiger partial charge in [-0.1, -0.05) is 18.5 Å². The number of aliphatic hydroxyl groups excluding tert-OH is 1. The maximum atomic E-state index is 9.21. The predicted octanol–water partition coefficient (Wildman–Crippen LogP) is 3.37. The van der Waals surface area contributed by atoms with Crippen LogP contribution in [0.4, 0.5) is 0 Å². The van der Waals surface area contributed by atoms with Gasteiger partial charge in [0.05, 0.1) is 0 Å². The van der Waals surface area contributed by atoms with Gasteiger partial charge in [-0.2, -0.15) is 0 Å². The lowest BCUT2D eigenvalue weighted by Gasteiger charge is -1.97. The van der Waals surface area contributed by atoms with E-state index in [2.05, 4.69) is 0 Å². The van der Waals surface area contributed by atoms with Crippen LogP contribution in [0.25, 0.3) is 0 Å².